The number of benzene rings is 2. The van der Waals surface area contributed by atoms with Gasteiger partial charge in [0.05, 0.1) is 25.5 Å². The molecule has 5 nitrogen and oxygen atoms in total. The molecule has 0 aromatic heterocycles. The lowest BCUT2D eigenvalue weighted by molar-refractivity contribution is 0.0742. The van der Waals surface area contributed by atoms with Gasteiger partial charge in [-0.3, -0.25) is 4.79 Å². The first-order valence-corrected chi connectivity index (χ1v) is 8.15. The van der Waals surface area contributed by atoms with Crippen molar-refractivity contribution in [2.45, 2.75) is 0 Å². The van der Waals surface area contributed by atoms with Crippen LogP contribution in [0, 0.1) is 5.82 Å². The number of piperazine rings is 1. The Bertz CT molecular complexity index is 758. The number of carbonyl (C=O) groups excluding carboxylic acids is 1. The minimum absolute atomic E-state index is 0.0755. The molecule has 2 aromatic carbocycles. The largest absolute Gasteiger partial charge is 0.497 e. The van der Waals surface area contributed by atoms with Gasteiger partial charge in [-0.15, -0.1) is 0 Å². The predicted molar refractivity (Wildman–Crippen MR) is 94.1 cm³/mol. The molecule has 0 bridgehead atoms. The van der Waals surface area contributed by atoms with Gasteiger partial charge in [0.25, 0.3) is 5.91 Å². The SMILES string of the molecule is COc1ccc(C(=O)N2CCN(c3ccccc3OC)CC2)c(F)c1. The van der Waals surface area contributed by atoms with E-state index in [1.807, 2.05) is 24.3 Å². The molecule has 132 valence electrons. The Morgan fingerprint density at radius 3 is 2.36 bits per heavy atom. The number of halogens is 1. The van der Waals surface area contributed by atoms with Gasteiger partial charge in [0.1, 0.15) is 17.3 Å². The Hall–Kier alpha value is -2.76. The van der Waals surface area contributed by atoms with E-state index in [0.29, 0.717) is 31.9 Å². The van der Waals surface area contributed by atoms with Crippen molar-refractivity contribution in [3.05, 3.63) is 53.8 Å². The van der Waals surface area contributed by atoms with Crippen molar-refractivity contribution in [3.63, 3.8) is 0 Å². The zero-order valence-corrected chi connectivity index (χ0v) is 14.4. The second-order valence-corrected chi connectivity index (χ2v) is 5.80. The van der Waals surface area contributed by atoms with Gasteiger partial charge in [-0.25, -0.2) is 4.39 Å². The number of hydrogen-bond acceptors (Lipinski definition) is 4. The Kier molecular flexibility index (Phi) is 5.07. The fourth-order valence-corrected chi connectivity index (χ4v) is 3.01. The molecule has 0 aliphatic carbocycles. The van der Waals surface area contributed by atoms with E-state index in [4.69, 9.17) is 9.47 Å². The third kappa shape index (κ3) is 3.52. The van der Waals surface area contributed by atoms with E-state index in [9.17, 15) is 9.18 Å². The number of methoxy groups -OCH3 is 2. The first-order chi connectivity index (χ1) is 12.1. The molecule has 2 aromatic rings. The number of amides is 1. The summed E-state index contributed by atoms with van der Waals surface area (Å²) in [5.41, 5.74) is 1.08. The number of ether oxygens (including phenoxy) is 2. The minimum atomic E-state index is -0.559. The van der Waals surface area contributed by atoms with E-state index in [1.165, 1.54) is 19.2 Å². The van der Waals surface area contributed by atoms with E-state index in [1.54, 1.807) is 18.1 Å². The quantitative estimate of drug-likeness (QED) is 0.855. The normalized spacial score (nSPS) is 14.4. The van der Waals surface area contributed by atoms with Crippen LogP contribution in [0.2, 0.25) is 0 Å². The summed E-state index contributed by atoms with van der Waals surface area (Å²) in [4.78, 5) is 16.4. The van der Waals surface area contributed by atoms with Crippen LogP contribution in [0.25, 0.3) is 0 Å². The average molecular weight is 344 g/mol. The summed E-state index contributed by atoms with van der Waals surface area (Å²) in [7, 11) is 3.11. The highest BCUT2D eigenvalue weighted by atomic mass is 19.1. The van der Waals surface area contributed by atoms with Crippen LogP contribution in [0.3, 0.4) is 0 Å². The van der Waals surface area contributed by atoms with E-state index in [0.717, 1.165) is 11.4 Å². The first-order valence-electron chi connectivity index (χ1n) is 8.15. The summed E-state index contributed by atoms with van der Waals surface area (Å²) in [5.74, 6) is 0.356. The maximum absolute atomic E-state index is 14.1. The van der Waals surface area contributed by atoms with Gasteiger partial charge in [-0.05, 0) is 24.3 Å². The van der Waals surface area contributed by atoms with Gasteiger partial charge in [-0.2, -0.15) is 0 Å². The number of rotatable bonds is 4. The third-order valence-corrected chi connectivity index (χ3v) is 4.40. The maximum Gasteiger partial charge on any atom is 0.256 e. The monoisotopic (exact) mass is 344 g/mol. The lowest BCUT2D eigenvalue weighted by Crippen LogP contribution is -2.49. The Morgan fingerprint density at radius 2 is 1.72 bits per heavy atom. The van der Waals surface area contributed by atoms with Crippen molar-refractivity contribution in [2.24, 2.45) is 0 Å². The molecule has 1 fully saturated rings. The van der Waals surface area contributed by atoms with Gasteiger partial charge in [-0.1, -0.05) is 12.1 Å². The smallest absolute Gasteiger partial charge is 0.256 e. The lowest BCUT2D eigenvalue weighted by atomic mass is 10.1. The van der Waals surface area contributed by atoms with Crippen LogP contribution in [-0.4, -0.2) is 51.2 Å². The van der Waals surface area contributed by atoms with Gasteiger partial charge < -0.3 is 19.3 Å². The minimum Gasteiger partial charge on any atom is -0.497 e. The van der Waals surface area contributed by atoms with Crippen LogP contribution in [0.4, 0.5) is 10.1 Å². The summed E-state index contributed by atoms with van der Waals surface area (Å²) >= 11 is 0. The molecule has 1 aliphatic heterocycles. The highest BCUT2D eigenvalue weighted by molar-refractivity contribution is 5.94. The summed E-state index contributed by atoms with van der Waals surface area (Å²) in [6.07, 6.45) is 0. The molecule has 1 aliphatic rings. The topological polar surface area (TPSA) is 42.0 Å². The Labute approximate surface area is 146 Å². The number of anilines is 1. The van der Waals surface area contributed by atoms with Crippen LogP contribution >= 0.6 is 0 Å². The number of hydrogen-bond donors (Lipinski definition) is 0. The van der Waals surface area contributed by atoms with E-state index >= 15 is 0 Å². The molecule has 0 saturated carbocycles. The van der Waals surface area contributed by atoms with E-state index in [2.05, 4.69) is 4.90 Å². The first kappa shape index (κ1) is 17.1. The Balaban J connectivity index is 1.69. The summed E-state index contributed by atoms with van der Waals surface area (Å²) in [5, 5.41) is 0. The molecule has 0 atom stereocenters. The predicted octanol–water partition coefficient (Wildman–Crippen LogP) is 2.81. The zero-order valence-electron chi connectivity index (χ0n) is 14.4. The molecule has 3 rings (SSSR count). The highest BCUT2D eigenvalue weighted by Crippen LogP contribution is 2.28. The molecule has 25 heavy (non-hydrogen) atoms. The van der Waals surface area contributed by atoms with Crippen LogP contribution in [0.15, 0.2) is 42.5 Å². The van der Waals surface area contributed by atoms with Crippen molar-refractivity contribution in [2.75, 3.05) is 45.3 Å². The molecule has 0 unspecified atom stereocenters. The van der Waals surface area contributed by atoms with Crippen LogP contribution in [0.1, 0.15) is 10.4 Å². The van der Waals surface area contributed by atoms with Gasteiger partial charge in [0, 0.05) is 32.2 Å². The summed E-state index contributed by atoms with van der Waals surface area (Å²) in [6.45, 7) is 2.40. The van der Waals surface area contributed by atoms with E-state index < -0.39 is 5.82 Å². The standard InChI is InChI=1S/C19H21FN2O3/c1-24-14-7-8-15(16(20)13-14)19(23)22-11-9-21(10-12-22)17-5-3-4-6-18(17)25-2/h3-8,13H,9-12H2,1-2H3. The van der Waals surface area contributed by atoms with Crippen LogP contribution < -0.4 is 14.4 Å². The van der Waals surface area contributed by atoms with Crippen molar-refractivity contribution in [1.82, 2.24) is 4.90 Å². The fraction of sp³-hybridized carbons (Fsp3) is 0.316. The molecule has 1 heterocycles. The highest BCUT2D eigenvalue weighted by Gasteiger charge is 2.25. The van der Waals surface area contributed by atoms with Gasteiger partial charge in [0.15, 0.2) is 0 Å². The Morgan fingerprint density at radius 1 is 1.00 bits per heavy atom. The molecule has 0 radical (unpaired) electrons. The number of nitrogens with zero attached hydrogens (tertiary/aromatic N) is 2. The van der Waals surface area contributed by atoms with Gasteiger partial charge >= 0.3 is 0 Å². The molecular weight excluding hydrogens is 323 g/mol. The summed E-state index contributed by atoms with van der Waals surface area (Å²) in [6, 6.07) is 12.1. The molecule has 6 heteroatoms. The average Bonchev–Trinajstić information content (AvgIpc) is 2.67. The lowest BCUT2D eigenvalue weighted by Gasteiger charge is -2.36. The van der Waals surface area contributed by atoms with Crippen LogP contribution in [0.5, 0.6) is 11.5 Å². The number of para-hydroxylation sites is 2. The molecule has 0 N–H and O–H groups in total. The molecule has 1 amide bonds. The van der Waals surface area contributed by atoms with Crippen molar-refractivity contribution >= 4 is 11.6 Å². The molecular formula is C19H21FN2O3. The molecule has 0 spiro atoms. The zero-order chi connectivity index (χ0) is 17.8. The van der Waals surface area contributed by atoms with E-state index in [-0.39, 0.29) is 11.5 Å². The number of carbonyl (C=O) groups is 1. The van der Waals surface area contributed by atoms with Crippen molar-refractivity contribution < 1.29 is 18.7 Å². The maximum atomic E-state index is 14.1. The van der Waals surface area contributed by atoms with Crippen LogP contribution in [-0.2, 0) is 0 Å². The summed E-state index contributed by atoms with van der Waals surface area (Å²) < 4.78 is 24.5. The fourth-order valence-electron chi connectivity index (χ4n) is 3.01. The van der Waals surface area contributed by atoms with Crippen molar-refractivity contribution in [1.29, 1.82) is 0 Å². The molecule has 1 saturated heterocycles. The third-order valence-electron chi connectivity index (χ3n) is 4.40. The second-order valence-electron chi connectivity index (χ2n) is 5.80. The van der Waals surface area contributed by atoms with Gasteiger partial charge in [0.2, 0.25) is 0 Å². The van der Waals surface area contributed by atoms with Crippen molar-refractivity contribution in [3.8, 4) is 11.5 Å². The second kappa shape index (κ2) is 7.42.